The number of nitrogens with one attached hydrogen (secondary N) is 1. The minimum Gasteiger partial charge on any atom is -0.314 e. The van der Waals surface area contributed by atoms with Gasteiger partial charge in [-0.05, 0) is 52.2 Å². The van der Waals surface area contributed by atoms with Crippen molar-refractivity contribution in [1.82, 2.24) is 25.0 Å². The Morgan fingerprint density at radius 3 is 2.74 bits per heavy atom. The number of likely N-dealkylation sites (tertiary alicyclic amines) is 1. The highest BCUT2D eigenvalue weighted by Crippen LogP contribution is 2.21. The fraction of sp³-hybridized carbons (Fsp3) is 0.857. The van der Waals surface area contributed by atoms with Crippen LogP contribution in [0.2, 0.25) is 0 Å². The fourth-order valence-electron chi connectivity index (χ4n) is 2.97. The Hall–Kier alpha value is -0.940. The second-order valence-corrected chi connectivity index (χ2v) is 5.45. The highest BCUT2D eigenvalue weighted by atomic mass is 15.3. The normalized spacial score (nSPS) is 19.7. The molecule has 5 nitrogen and oxygen atoms in total. The average molecular weight is 265 g/mol. The maximum absolute atomic E-state index is 4.36. The molecule has 1 aliphatic heterocycles. The number of hydrogen-bond donors (Lipinski definition) is 1. The maximum Gasteiger partial charge on any atom is 0.140 e. The van der Waals surface area contributed by atoms with Gasteiger partial charge in [0.15, 0.2) is 0 Å². The Bertz CT molecular complexity index is 368. The van der Waals surface area contributed by atoms with Gasteiger partial charge in [-0.1, -0.05) is 6.92 Å². The quantitative estimate of drug-likeness (QED) is 0.847. The van der Waals surface area contributed by atoms with Crippen LogP contribution < -0.4 is 5.32 Å². The third-order valence-electron chi connectivity index (χ3n) is 4.23. The van der Waals surface area contributed by atoms with Gasteiger partial charge >= 0.3 is 0 Å². The van der Waals surface area contributed by atoms with E-state index in [1.807, 2.05) is 4.68 Å². The molecule has 0 aliphatic carbocycles. The molecule has 1 aromatic rings. The molecule has 0 radical (unpaired) electrons. The van der Waals surface area contributed by atoms with Crippen LogP contribution in [0.5, 0.6) is 0 Å². The molecule has 0 saturated carbocycles. The van der Waals surface area contributed by atoms with Crippen molar-refractivity contribution in [2.45, 2.75) is 52.7 Å². The standard InChI is InChI=1S/C14H27N5/c1-4-15-12(3)13-6-8-18(9-7-13)10-14-16-11-17-19(14)5-2/h11-13,15H,4-10H2,1-3H3. The summed E-state index contributed by atoms with van der Waals surface area (Å²) in [6.07, 6.45) is 4.24. The summed E-state index contributed by atoms with van der Waals surface area (Å²) in [4.78, 5) is 6.87. The Kier molecular flexibility index (Phi) is 5.34. The Morgan fingerprint density at radius 2 is 2.11 bits per heavy atom. The molecule has 0 aromatic carbocycles. The van der Waals surface area contributed by atoms with Gasteiger partial charge in [0, 0.05) is 12.6 Å². The largest absolute Gasteiger partial charge is 0.314 e. The Balaban J connectivity index is 1.80. The molecule has 108 valence electrons. The van der Waals surface area contributed by atoms with Crippen molar-refractivity contribution >= 4 is 0 Å². The zero-order chi connectivity index (χ0) is 13.7. The first-order valence-corrected chi connectivity index (χ1v) is 7.57. The second-order valence-electron chi connectivity index (χ2n) is 5.45. The second kappa shape index (κ2) is 7.01. The lowest BCUT2D eigenvalue weighted by Gasteiger charge is -2.34. The van der Waals surface area contributed by atoms with E-state index < -0.39 is 0 Å². The van der Waals surface area contributed by atoms with Crippen LogP contribution in [0, 0.1) is 5.92 Å². The van der Waals surface area contributed by atoms with E-state index in [0.29, 0.717) is 6.04 Å². The zero-order valence-electron chi connectivity index (χ0n) is 12.5. The third kappa shape index (κ3) is 3.76. The SMILES string of the molecule is CCNC(C)C1CCN(Cc2ncnn2CC)CC1. The van der Waals surface area contributed by atoms with Gasteiger partial charge in [0.2, 0.25) is 0 Å². The topological polar surface area (TPSA) is 46.0 Å². The number of aryl methyl sites for hydroxylation is 1. The van der Waals surface area contributed by atoms with Crippen molar-refractivity contribution in [3.63, 3.8) is 0 Å². The first kappa shape index (κ1) is 14.5. The number of nitrogens with zero attached hydrogens (tertiary/aromatic N) is 4. The molecular formula is C14H27N5. The first-order chi connectivity index (χ1) is 9.24. The lowest BCUT2D eigenvalue weighted by molar-refractivity contribution is 0.152. The van der Waals surface area contributed by atoms with E-state index in [4.69, 9.17) is 0 Å². The summed E-state index contributed by atoms with van der Waals surface area (Å²) in [6.45, 7) is 11.9. The van der Waals surface area contributed by atoms with Gasteiger partial charge in [0.05, 0.1) is 6.54 Å². The highest BCUT2D eigenvalue weighted by molar-refractivity contribution is 4.87. The van der Waals surface area contributed by atoms with Crippen molar-refractivity contribution in [1.29, 1.82) is 0 Å². The minimum absolute atomic E-state index is 0.645. The van der Waals surface area contributed by atoms with E-state index in [9.17, 15) is 0 Å². The van der Waals surface area contributed by atoms with Crippen LogP contribution in [0.4, 0.5) is 0 Å². The lowest BCUT2D eigenvalue weighted by Crippen LogP contribution is -2.41. The number of hydrogen-bond acceptors (Lipinski definition) is 4. The van der Waals surface area contributed by atoms with Gasteiger partial charge in [-0.2, -0.15) is 5.10 Å². The lowest BCUT2D eigenvalue weighted by atomic mass is 9.90. The zero-order valence-corrected chi connectivity index (χ0v) is 12.5. The summed E-state index contributed by atoms with van der Waals surface area (Å²) in [5.41, 5.74) is 0. The highest BCUT2D eigenvalue weighted by Gasteiger charge is 2.24. The van der Waals surface area contributed by atoms with Gasteiger partial charge in [0.25, 0.3) is 0 Å². The molecule has 0 bridgehead atoms. The molecule has 1 N–H and O–H groups in total. The van der Waals surface area contributed by atoms with Crippen LogP contribution in [0.1, 0.15) is 39.4 Å². The summed E-state index contributed by atoms with van der Waals surface area (Å²) < 4.78 is 1.99. The Morgan fingerprint density at radius 1 is 1.37 bits per heavy atom. The smallest absolute Gasteiger partial charge is 0.140 e. The molecule has 0 amide bonds. The van der Waals surface area contributed by atoms with Crippen molar-refractivity contribution in [2.75, 3.05) is 19.6 Å². The van der Waals surface area contributed by atoms with E-state index in [1.54, 1.807) is 6.33 Å². The van der Waals surface area contributed by atoms with Crippen LogP contribution >= 0.6 is 0 Å². The van der Waals surface area contributed by atoms with Crippen molar-refractivity contribution in [3.05, 3.63) is 12.2 Å². The monoisotopic (exact) mass is 265 g/mol. The summed E-state index contributed by atoms with van der Waals surface area (Å²) in [5.74, 6) is 1.92. The van der Waals surface area contributed by atoms with Crippen LogP contribution in [0.3, 0.4) is 0 Å². The number of aromatic nitrogens is 3. The van der Waals surface area contributed by atoms with Crippen LogP contribution in [-0.4, -0.2) is 45.3 Å². The summed E-state index contributed by atoms with van der Waals surface area (Å²) in [6, 6.07) is 0.645. The fourth-order valence-corrected chi connectivity index (χ4v) is 2.97. The summed E-state index contributed by atoms with van der Waals surface area (Å²) >= 11 is 0. The molecular weight excluding hydrogens is 238 g/mol. The molecule has 1 aromatic heterocycles. The van der Waals surface area contributed by atoms with Gasteiger partial charge in [0.1, 0.15) is 12.2 Å². The molecule has 1 unspecified atom stereocenters. The van der Waals surface area contributed by atoms with E-state index in [0.717, 1.165) is 31.4 Å². The molecule has 19 heavy (non-hydrogen) atoms. The first-order valence-electron chi connectivity index (χ1n) is 7.57. The molecule has 1 atom stereocenters. The van der Waals surface area contributed by atoms with Gasteiger partial charge in [-0.3, -0.25) is 4.90 Å². The van der Waals surface area contributed by atoms with E-state index in [1.165, 1.54) is 25.9 Å². The summed E-state index contributed by atoms with van der Waals surface area (Å²) in [7, 11) is 0. The van der Waals surface area contributed by atoms with E-state index >= 15 is 0 Å². The number of piperidine rings is 1. The van der Waals surface area contributed by atoms with Gasteiger partial charge in [-0.15, -0.1) is 0 Å². The minimum atomic E-state index is 0.645. The van der Waals surface area contributed by atoms with Crippen LogP contribution in [0.15, 0.2) is 6.33 Å². The van der Waals surface area contributed by atoms with Crippen molar-refractivity contribution in [2.24, 2.45) is 5.92 Å². The molecule has 5 heteroatoms. The van der Waals surface area contributed by atoms with Gasteiger partial charge < -0.3 is 5.32 Å². The third-order valence-corrected chi connectivity index (χ3v) is 4.23. The summed E-state index contributed by atoms with van der Waals surface area (Å²) in [5, 5.41) is 7.79. The van der Waals surface area contributed by atoms with Crippen molar-refractivity contribution < 1.29 is 0 Å². The van der Waals surface area contributed by atoms with Gasteiger partial charge in [-0.25, -0.2) is 9.67 Å². The average Bonchev–Trinajstić information content (AvgIpc) is 2.87. The molecule has 1 fully saturated rings. The maximum atomic E-state index is 4.36. The molecule has 2 rings (SSSR count). The predicted octanol–water partition coefficient (Wildman–Crippen LogP) is 1.51. The molecule has 1 aliphatic rings. The van der Waals surface area contributed by atoms with E-state index in [2.05, 4.69) is 41.1 Å². The molecule has 2 heterocycles. The molecule has 0 spiro atoms. The van der Waals surface area contributed by atoms with Crippen LogP contribution in [-0.2, 0) is 13.1 Å². The number of rotatable bonds is 6. The predicted molar refractivity (Wildman–Crippen MR) is 76.8 cm³/mol. The molecule has 1 saturated heterocycles. The van der Waals surface area contributed by atoms with E-state index in [-0.39, 0.29) is 0 Å². The van der Waals surface area contributed by atoms with Crippen LogP contribution in [0.25, 0.3) is 0 Å². The van der Waals surface area contributed by atoms with Crippen molar-refractivity contribution in [3.8, 4) is 0 Å². The Labute approximate surface area is 116 Å².